The van der Waals surface area contributed by atoms with Crippen molar-refractivity contribution in [2.24, 2.45) is 5.92 Å². The average molecular weight is 227 g/mol. The van der Waals surface area contributed by atoms with Crippen molar-refractivity contribution >= 4 is 11.9 Å². The molecule has 2 N–H and O–H groups in total. The molecule has 1 unspecified atom stereocenters. The molecule has 1 aliphatic rings. The first-order valence-corrected chi connectivity index (χ1v) is 6.15. The SMILES string of the molecule is CCC(NC(=O)CC1CCCCC1)C(=O)O. The molecule has 1 amide bonds. The first kappa shape index (κ1) is 13.0. The summed E-state index contributed by atoms with van der Waals surface area (Å²) in [6.07, 6.45) is 6.82. The predicted octanol–water partition coefficient (Wildman–Crippen LogP) is 1.94. The van der Waals surface area contributed by atoms with Crippen LogP contribution in [0.25, 0.3) is 0 Å². The summed E-state index contributed by atoms with van der Waals surface area (Å²) in [6.45, 7) is 1.76. The monoisotopic (exact) mass is 227 g/mol. The smallest absolute Gasteiger partial charge is 0.326 e. The van der Waals surface area contributed by atoms with Crippen LogP contribution < -0.4 is 5.32 Å². The van der Waals surface area contributed by atoms with Gasteiger partial charge in [-0.3, -0.25) is 4.79 Å². The predicted molar refractivity (Wildman–Crippen MR) is 61.0 cm³/mol. The molecule has 0 aromatic heterocycles. The van der Waals surface area contributed by atoms with E-state index in [1.165, 1.54) is 19.3 Å². The first-order chi connectivity index (χ1) is 7.63. The lowest BCUT2D eigenvalue weighted by Crippen LogP contribution is -2.40. The number of hydrogen-bond acceptors (Lipinski definition) is 2. The molecule has 0 aliphatic heterocycles. The molecular formula is C12H21NO3. The highest BCUT2D eigenvalue weighted by Gasteiger charge is 2.21. The zero-order valence-electron chi connectivity index (χ0n) is 9.87. The molecule has 92 valence electrons. The van der Waals surface area contributed by atoms with Crippen molar-refractivity contribution in [1.82, 2.24) is 5.32 Å². The third-order valence-electron chi connectivity index (χ3n) is 3.24. The van der Waals surface area contributed by atoms with Crippen molar-refractivity contribution in [3.05, 3.63) is 0 Å². The standard InChI is InChI=1S/C12H21NO3/c1-2-10(12(15)16)13-11(14)8-9-6-4-3-5-7-9/h9-10H,2-8H2,1H3,(H,13,14)(H,15,16). The van der Waals surface area contributed by atoms with E-state index in [9.17, 15) is 9.59 Å². The number of hydrogen-bond donors (Lipinski definition) is 2. The Kier molecular flexibility index (Phi) is 5.29. The van der Waals surface area contributed by atoms with E-state index in [-0.39, 0.29) is 5.91 Å². The highest BCUT2D eigenvalue weighted by atomic mass is 16.4. The summed E-state index contributed by atoms with van der Waals surface area (Å²) in [7, 11) is 0. The van der Waals surface area contributed by atoms with Crippen LogP contribution in [0.1, 0.15) is 51.9 Å². The van der Waals surface area contributed by atoms with Crippen LogP contribution in [0.2, 0.25) is 0 Å². The van der Waals surface area contributed by atoms with E-state index in [0.29, 0.717) is 18.8 Å². The molecule has 1 saturated carbocycles. The Hall–Kier alpha value is -1.06. The minimum absolute atomic E-state index is 0.110. The average Bonchev–Trinajstić information content (AvgIpc) is 2.27. The number of carboxylic acid groups (broad SMARTS) is 1. The zero-order valence-corrected chi connectivity index (χ0v) is 9.87. The van der Waals surface area contributed by atoms with Gasteiger partial charge in [0.2, 0.25) is 5.91 Å². The fraction of sp³-hybridized carbons (Fsp3) is 0.833. The molecule has 0 saturated heterocycles. The van der Waals surface area contributed by atoms with E-state index < -0.39 is 12.0 Å². The van der Waals surface area contributed by atoms with E-state index in [1.54, 1.807) is 6.92 Å². The quantitative estimate of drug-likeness (QED) is 0.754. The number of carbonyl (C=O) groups is 2. The maximum absolute atomic E-state index is 11.6. The van der Waals surface area contributed by atoms with Gasteiger partial charge in [-0.1, -0.05) is 26.2 Å². The normalized spacial score (nSPS) is 19.1. The molecule has 1 aliphatic carbocycles. The van der Waals surface area contributed by atoms with Gasteiger partial charge in [0.25, 0.3) is 0 Å². The lowest BCUT2D eigenvalue weighted by molar-refractivity contribution is -0.142. The Morgan fingerprint density at radius 3 is 2.44 bits per heavy atom. The third-order valence-corrected chi connectivity index (χ3v) is 3.24. The van der Waals surface area contributed by atoms with E-state index >= 15 is 0 Å². The van der Waals surface area contributed by atoms with Gasteiger partial charge in [0.05, 0.1) is 0 Å². The maximum atomic E-state index is 11.6. The molecule has 0 spiro atoms. The van der Waals surface area contributed by atoms with Crippen molar-refractivity contribution in [2.75, 3.05) is 0 Å². The van der Waals surface area contributed by atoms with Gasteiger partial charge in [-0.05, 0) is 25.2 Å². The highest BCUT2D eigenvalue weighted by molar-refractivity contribution is 5.83. The van der Waals surface area contributed by atoms with Crippen molar-refractivity contribution in [3.8, 4) is 0 Å². The van der Waals surface area contributed by atoms with Crippen LogP contribution in [-0.2, 0) is 9.59 Å². The number of carbonyl (C=O) groups excluding carboxylic acids is 1. The van der Waals surface area contributed by atoms with Crippen LogP contribution in [0.5, 0.6) is 0 Å². The van der Waals surface area contributed by atoms with Gasteiger partial charge in [-0.15, -0.1) is 0 Å². The lowest BCUT2D eigenvalue weighted by atomic mass is 9.87. The van der Waals surface area contributed by atoms with Crippen molar-refractivity contribution in [1.29, 1.82) is 0 Å². The fourth-order valence-electron chi connectivity index (χ4n) is 2.25. The lowest BCUT2D eigenvalue weighted by Gasteiger charge is -2.21. The summed E-state index contributed by atoms with van der Waals surface area (Å²) >= 11 is 0. The minimum atomic E-state index is -0.945. The summed E-state index contributed by atoms with van der Waals surface area (Å²) < 4.78 is 0. The fourth-order valence-corrected chi connectivity index (χ4v) is 2.25. The Balaban J connectivity index is 2.31. The second-order valence-corrected chi connectivity index (χ2v) is 4.57. The molecule has 1 fully saturated rings. The number of carboxylic acids is 1. The van der Waals surface area contributed by atoms with Gasteiger partial charge >= 0.3 is 5.97 Å². The van der Waals surface area contributed by atoms with E-state index in [4.69, 9.17) is 5.11 Å². The van der Waals surface area contributed by atoms with E-state index in [0.717, 1.165) is 12.8 Å². The van der Waals surface area contributed by atoms with Crippen LogP contribution in [-0.4, -0.2) is 23.0 Å². The van der Waals surface area contributed by atoms with E-state index in [2.05, 4.69) is 5.32 Å². The Labute approximate surface area is 96.4 Å². The van der Waals surface area contributed by atoms with Crippen molar-refractivity contribution < 1.29 is 14.7 Å². The number of aliphatic carboxylic acids is 1. The largest absolute Gasteiger partial charge is 0.480 e. The Morgan fingerprint density at radius 2 is 1.94 bits per heavy atom. The molecule has 0 heterocycles. The van der Waals surface area contributed by atoms with Gasteiger partial charge in [-0.2, -0.15) is 0 Å². The second kappa shape index (κ2) is 6.51. The Bertz CT molecular complexity index is 247. The van der Waals surface area contributed by atoms with Gasteiger partial charge in [0.15, 0.2) is 0 Å². The number of nitrogens with one attached hydrogen (secondary N) is 1. The second-order valence-electron chi connectivity index (χ2n) is 4.57. The van der Waals surface area contributed by atoms with E-state index in [1.807, 2.05) is 0 Å². The highest BCUT2D eigenvalue weighted by Crippen LogP contribution is 2.26. The van der Waals surface area contributed by atoms with Gasteiger partial charge in [0.1, 0.15) is 6.04 Å². The minimum Gasteiger partial charge on any atom is -0.480 e. The third kappa shape index (κ3) is 4.21. The zero-order chi connectivity index (χ0) is 12.0. The molecule has 4 nitrogen and oxygen atoms in total. The molecule has 16 heavy (non-hydrogen) atoms. The molecule has 1 atom stereocenters. The van der Waals surface area contributed by atoms with Crippen LogP contribution in [0.4, 0.5) is 0 Å². The van der Waals surface area contributed by atoms with Crippen LogP contribution in [0, 0.1) is 5.92 Å². The molecule has 0 bridgehead atoms. The molecule has 4 heteroatoms. The van der Waals surface area contributed by atoms with Gasteiger partial charge in [0, 0.05) is 6.42 Å². The first-order valence-electron chi connectivity index (χ1n) is 6.15. The molecule has 1 rings (SSSR count). The molecule has 0 aromatic carbocycles. The summed E-state index contributed by atoms with van der Waals surface area (Å²) in [6, 6.07) is -0.726. The maximum Gasteiger partial charge on any atom is 0.326 e. The topological polar surface area (TPSA) is 66.4 Å². The molecule has 0 radical (unpaired) electrons. The van der Waals surface area contributed by atoms with Crippen LogP contribution >= 0.6 is 0 Å². The Morgan fingerprint density at radius 1 is 1.31 bits per heavy atom. The number of amides is 1. The summed E-state index contributed by atoms with van der Waals surface area (Å²) in [5.74, 6) is -0.597. The summed E-state index contributed by atoms with van der Waals surface area (Å²) in [5.41, 5.74) is 0. The van der Waals surface area contributed by atoms with Gasteiger partial charge in [-0.25, -0.2) is 4.79 Å². The van der Waals surface area contributed by atoms with Crippen molar-refractivity contribution in [2.45, 2.75) is 57.9 Å². The van der Waals surface area contributed by atoms with Crippen LogP contribution in [0.15, 0.2) is 0 Å². The summed E-state index contributed by atoms with van der Waals surface area (Å²) in [5, 5.41) is 11.4. The van der Waals surface area contributed by atoms with Crippen LogP contribution in [0.3, 0.4) is 0 Å². The van der Waals surface area contributed by atoms with Gasteiger partial charge < -0.3 is 10.4 Å². The van der Waals surface area contributed by atoms with Crippen molar-refractivity contribution in [3.63, 3.8) is 0 Å². The molecular weight excluding hydrogens is 206 g/mol. The number of rotatable bonds is 5. The summed E-state index contributed by atoms with van der Waals surface area (Å²) in [4.78, 5) is 22.4. The molecule has 0 aromatic rings.